The predicted octanol–water partition coefficient (Wildman–Crippen LogP) is 3.34. The van der Waals surface area contributed by atoms with Gasteiger partial charge in [-0.1, -0.05) is 32.0 Å². The predicted molar refractivity (Wildman–Crippen MR) is 77.4 cm³/mol. The molecule has 2 rings (SSSR count). The first kappa shape index (κ1) is 14.5. The van der Waals surface area contributed by atoms with Crippen molar-refractivity contribution in [3.63, 3.8) is 0 Å². The summed E-state index contributed by atoms with van der Waals surface area (Å²) in [4.78, 5) is 2.35. The van der Waals surface area contributed by atoms with Crippen molar-refractivity contribution < 1.29 is 4.39 Å². The van der Waals surface area contributed by atoms with Crippen LogP contribution in [0.1, 0.15) is 45.2 Å². The summed E-state index contributed by atoms with van der Waals surface area (Å²) in [6.45, 7) is 8.51. The number of nitrogens with two attached hydrogens (primary N) is 1. The molecule has 106 valence electrons. The van der Waals surface area contributed by atoms with E-state index in [2.05, 4.69) is 18.7 Å². The lowest BCUT2D eigenvalue weighted by Gasteiger charge is -2.43. The van der Waals surface area contributed by atoms with Crippen molar-refractivity contribution in [3.8, 4) is 0 Å². The number of benzene rings is 1. The topological polar surface area (TPSA) is 29.3 Å². The molecule has 2 nitrogen and oxygen atoms in total. The van der Waals surface area contributed by atoms with Crippen LogP contribution in [-0.4, -0.2) is 24.0 Å². The van der Waals surface area contributed by atoms with Crippen LogP contribution in [0.4, 0.5) is 4.39 Å². The van der Waals surface area contributed by atoms with Crippen LogP contribution >= 0.6 is 0 Å². The Morgan fingerprint density at radius 3 is 2.58 bits per heavy atom. The highest BCUT2D eigenvalue weighted by Crippen LogP contribution is 2.35. The Kier molecular flexibility index (Phi) is 4.26. The van der Waals surface area contributed by atoms with Crippen molar-refractivity contribution in [1.82, 2.24) is 4.90 Å². The molecule has 1 aromatic carbocycles. The van der Waals surface area contributed by atoms with E-state index in [1.54, 1.807) is 6.07 Å². The first-order chi connectivity index (χ1) is 8.91. The van der Waals surface area contributed by atoms with Crippen LogP contribution in [0.15, 0.2) is 24.3 Å². The third-order valence-electron chi connectivity index (χ3n) is 4.05. The van der Waals surface area contributed by atoms with Gasteiger partial charge in [0.1, 0.15) is 5.82 Å². The van der Waals surface area contributed by atoms with Crippen molar-refractivity contribution >= 4 is 0 Å². The Labute approximate surface area is 115 Å². The number of likely N-dealkylation sites (tertiary alicyclic amines) is 1. The zero-order valence-electron chi connectivity index (χ0n) is 12.2. The standard InChI is InChI=1S/C16H25FN2/c1-12(18)15(13-7-4-5-8-14(13)17)19-10-6-9-16(2,3)11-19/h4-5,7-8,12,15H,6,9-11,18H2,1-3H3. The fraction of sp³-hybridized carbons (Fsp3) is 0.625. The van der Waals surface area contributed by atoms with Crippen LogP contribution in [0.5, 0.6) is 0 Å². The van der Waals surface area contributed by atoms with E-state index in [0.29, 0.717) is 0 Å². The Bertz CT molecular complexity index is 429. The summed E-state index contributed by atoms with van der Waals surface area (Å²) in [7, 11) is 0. The van der Waals surface area contributed by atoms with E-state index in [0.717, 1.165) is 25.1 Å². The molecule has 1 fully saturated rings. The van der Waals surface area contributed by atoms with Crippen LogP contribution in [-0.2, 0) is 0 Å². The van der Waals surface area contributed by atoms with Gasteiger partial charge in [0.2, 0.25) is 0 Å². The molecule has 1 saturated heterocycles. The normalized spacial score (nSPS) is 23.0. The van der Waals surface area contributed by atoms with Crippen LogP contribution in [0, 0.1) is 11.2 Å². The number of rotatable bonds is 3. The van der Waals surface area contributed by atoms with Gasteiger partial charge in [0, 0.05) is 18.2 Å². The average molecular weight is 264 g/mol. The molecular formula is C16H25FN2. The van der Waals surface area contributed by atoms with Crippen LogP contribution in [0.2, 0.25) is 0 Å². The Hall–Kier alpha value is -0.930. The molecule has 0 spiro atoms. The van der Waals surface area contributed by atoms with E-state index >= 15 is 0 Å². The molecule has 0 amide bonds. The maximum Gasteiger partial charge on any atom is 0.128 e. The average Bonchev–Trinajstić information content (AvgIpc) is 2.30. The molecule has 0 bridgehead atoms. The Balaban J connectivity index is 2.28. The van der Waals surface area contributed by atoms with Gasteiger partial charge in [-0.15, -0.1) is 0 Å². The van der Waals surface area contributed by atoms with E-state index in [1.807, 2.05) is 19.1 Å². The monoisotopic (exact) mass is 264 g/mol. The summed E-state index contributed by atoms with van der Waals surface area (Å²) in [5.41, 5.74) is 7.17. The van der Waals surface area contributed by atoms with Crippen molar-refractivity contribution in [2.75, 3.05) is 13.1 Å². The van der Waals surface area contributed by atoms with Gasteiger partial charge in [0.25, 0.3) is 0 Å². The summed E-state index contributed by atoms with van der Waals surface area (Å²) >= 11 is 0. The highest BCUT2D eigenvalue weighted by Gasteiger charge is 2.33. The zero-order valence-corrected chi connectivity index (χ0v) is 12.2. The molecule has 1 heterocycles. The minimum Gasteiger partial charge on any atom is -0.326 e. The molecule has 19 heavy (non-hydrogen) atoms. The van der Waals surface area contributed by atoms with Crippen LogP contribution < -0.4 is 5.73 Å². The number of halogens is 1. The van der Waals surface area contributed by atoms with E-state index in [4.69, 9.17) is 5.73 Å². The number of hydrogen-bond donors (Lipinski definition) is 1. The number of hydrogen-bond acceptors (Lipinski definition) is 2. The van der Waals surface area contributed by atoms with Gasteiger partial charge < -0.3 is 5.73 Å². The maximum atomic E-state index is 14.1. The lowest BCUT2D eigenvalue weighted by atomic mass is 9.82. The first-order valence-electron chi connectivity index (χ1n) is 7.15. The summed E-state index contributed by atoms with van der Waals surface area (Å²) in [6.07, 6.45) is 2.39. The third-order valence-corrected chi connectivity index (χ3v) is 4.05. The summed E-state index contributed by atoms with van der Waals surface area (Å²) < 4.78 is 14.1. The van der Waals surface area contributed by atoms with Gasteiger partial charge in [0.15, 0.2) is 0 Å². The Morgan fingerprint density at radius 1 is 1.32 bits per heavy atom. The van der Waals surface area contributed by atoms with E-state index in [-0.39, 0.29) is 23.3 Å². The lowest BCUT2D eigenvalue weighted by molar-refractivity contribution is 0.0673. The minimum atomic E-state index is -0.145. The summed E-state index contributed by atoms with van der Waals surface area (Å²) in [6, 6.07) is 6.91. The van der Waals surface area contributed by atoms with Crippen molar-refractivity contribution in [2.45, 2.75) is 45.7 Å². The molecule has 0 aliphatic carbocycles. The van der Waals surface area contributed by atoms with Gasteiger partial charge in [-0.2, -0.15) is 0 Å². The Morgan fingerprint density at radius 2 is 2.00 bits per heavy atom. The second-order valence-corrected chi connectivity index (χ2v) is 6.56. The molecule has 0 saturated carbocycles. The molecule has 1 aromatic rings. The fourth-order valence-electron chi connectivity index (χ4n) is 3.23. The molecule has 0 radical (unpaired) electrons. The molecule has 2 N–H and O–H groups in total. The van der Waals surface area contributed by atoms with E-state index < -0.39 is 0 Å². The van der Waals surface area contributed by atoms with E-state index in [9.17, 15) is 4.39 Å². The second kappa shape index (κ2) is 5.59. The van der Waals surface area contributed by atoms with E-state index in [1.165, 1.54) is 12.5 Å². The van der Waals surface area contributed by atoms with Crippen LogP contribution in [0.3, 0.4) is 0 Å². The van der Waals surface area contributed by atoms with Gasteiger partial charge in [-0.05, 0) is 37.8 Å². The molecule has 0 aromatic heterocycles. The fourth-order valence-corrected chi connectivity index (χ4v) is 3.23. The smallest absolute Gasteiger partial charge is 0.128 e. The van der Waals surface area contributed by atoms with Crippen molar-refractivity contribution in [3.05, 3.63) is 35.6 Å². The van der Waals surface area contributed by atoms with Crippen molar-refractivity contribution in [1.29, 1.82) is 0 Å². The van der Waals surface area contributed by atoms with Gasteiger partial charge in [-0.25, -0.2) is 4.39 Å². The van der Waals surface area contributed by atoms with Gasteiger partial charge >= 0.3 is 0 Å². The summed E-state index contributed by atoms with van der Waals surface area (Å²) in [5, 5.41) is 0. The second-order valence-electron chi connectivity index (χ2n) is 6.56. The molecule has 2 unspecified atom stereocenters. The molecule has 3 heteroatoms. The van der Waals surface area contributed by atoms with Gasteiger partial charge in [-0.3, -0.25) is 4.90 Å². The summed E-state index contributed by atoms with van der Waals surface area (Å²) in [5.74, 6) is -0.145. The number of piperidine rings is 1. The molecule has 1 aliphatic rings. The highest BCUT2D eigenvalue weighted by molar-refractivity contribution is 5.23. The molecule has 2 atom stereocenters. The van der Waals surface area contributed by atoms with Crippen molar-refractivity contribution in [2.24, 2.45) is 11.1 Å². The number of nitrogens with zero attached hydrogens (tertiary/aromatic N) is 1. The highest BCUT2D eigenvalue weighted by atomic mass is 19.1. The third kappa shape index (κ3) is 3.34. The largest absolute Gasteiger partial charge is 0.326 e. The minimum absolute atomic E-state index is 0.0271. The molecular weight excluding hydrogens is 239 g/mol. The molecule has 1 aliphatic heterocycles. The quantitative estimate of drug-likeness (QED) is 0.907. The lowest BCUT2D eigenvalue weighted by Crippen LogP contribution is -2.47. The maximum absolute atomic E-state index is 14.1. The van der Waals surface area contributed by atoms with Gasteiger partial charge in [0.05, 0.1) is 6.04 Å². The zero-order chi connectivity index (χ0) is 14.0. The first-order valence-corrected chi connectivity index (χ1v) is 7.15. The SMILES string of the molecule is CC(N)C(c1ccccc1F)N1CCCC(C)(C)C1. The van der Waals surface area contributed by atoms with Crippen LogP contribution in [0.25, 0.3) is 0 Å².